The summed E-state index contributed by atoms with van der Waals surface area (Å²) in [6.07, 6.45) is 0. The highest BCUT2D eigenvalue weighted by Gasteiger charge is 2.08. The SMILES string of the molecule is COCCNC(=O)c1ccc(NC(=O)COc2ccc(Cl)cc2Cl)cc1. The van der Waals surface area contributed by atoms with Crippen LogP contribution in [0.25, 0.3) is 0 Å². The maximum absolute atomic E-state index is 12.0. The van der Waals surface area contributed by atoms with E-state index >= 15 is 0 Å². The van der Waals surface area contributed by atoms with Crippen LogP contribution in [0.3, 0.4) is 0 Å². The number of carbonyl (C=O) groups is 2. The van der Waals surface area contributed by atoms with E-state index in [9.17, 15) is 9.59 Å². The molecule has 0 unspecified atom stereocenters. The number of ether oxygens (including phenoxy) is 2. The largest absolute Gasteiger partial charge is 0.482 e. The van der Waals surface area contributed by atoms with Gasteiger partial charge < -0.3 is 20.1 Å². The summed E-state index contributed by atoms with van der Waals surface area (Å²) < 4.78 is 10.2. The van der Waals surface area contributed by atoms with E-state index in [4.69, 9.17) is 32.7 Å². The van der Waals surface area contributed by atoms with Gasteiger partial charge in [0.05, 0.1) is 11.6 Å². The predicted molar refractivity (Wildman–Crippen MR) is 101 cm³/mol. The molecule has 2 amide bonds. The van der Waals surface area contributed by atoms with E-state index < -0.39 is 0 Å². The van der Waals surface area contributed by atoms with Gasteiger partial charge in [0.2, 0.25) is 0 Å². The number of amides is 2. The van der Waals surface area contributed by atoms with Crippen molar-refractivity contribution in [3.63, 3.8) is 0 Å². The fourth-order valence-electron chi connectivity index (χ4n) is 2.01. The molecule has 2 N–H and O–H groups in total. The van der Waals surface area contributed by atoms with E-state index in [1.165, 1.54) is 6.07 Å². The highest BCUT2D eigenvalue weighted by Crippen LogP contribution is 2.27. The maximum atomic E-state index is 12.0. The summed E-state index contributed by atoms with van der Waals surface area (Å²) in [5.41, 5.74) is 1.04. The van der Waals surface area contributed by atoms with Crippen molar-refractivity contribution in [2.75, 3.05) is 32.2 Å². The number of halogens is 2. The molecule has 0 aliphatic heterocycles. The Kier molecular flexibility index (Phi) is 7.72. The smallest absolute Gasteiger partial charge is 0.262 e. The molecule has 138 valence electrons. The lowest BCUT2D eigenvalue weighted by molar-refractivity contribution is -0.118. The van der Waals surface area contributed by atoms with Gasteiger partial charge in [0, 0.05) is 29.9 Å². The molecule has 0 aliphatic carbocycles. The first kappa shape index (κ1) is 20.0. The number of carbonyl (C=O) groups excluding carboxylic acids is 2. The number of benzene rings is 2. The van der Waals surface area contributed by atoms with Gasteiger partial charge in [-0.1, -0.05) is 23.2 Å². The average Bonchev–Trinajstić information content (AvgIpc) is 2.61. The van der Waals surface area contributed by atoms with Gasteiger partial charge in [-0.25, -0.2) is 0 Å². The second-order valence-corrected chi connectivity index (χ2v) is 6.08. The second kappa shape index (κ2) is 10.0. The number of nitrogens with one attached hydrogen (secondary N) is 2. The van der Waals surface area contributed by atoms with Gasteiger partial charge in [0.15, 0.2) is 6.61 Å². The fraction of sp³-hybridized carbons (Fsp3) is 0.222. The molecule has 0 radical (unpaired) electrons. The molecule has 0 spiro atoms. The Morgan fingerprint density at radius 2 is 1.81 bits per heavy atom. The highest BCUT2D eigenvalue weighted by molar-refractivity contribution is 6.35. The predicted octanol–water partition coefficient (Wildman–Crippen LogP) is 3.39. The topological polar surface area (TPSA) is 76.7 Å². The maximum Gasteiger partial charge on any atom is 0.262 e. The van der Waals surface area contributed by atoms with Crippen LogP contribution < -0.4 is 15.4 Å². The van der Waals surface area contributed by atoms with Crippen molar-refractivity contribution in [2.45, 2.75) is 0 Å². The molecule has 2 aromatic rings. The minimum atomic E-state index is -0.353. The zero-order valence-corrected chi connectivity index (χ0v) is 15.6. The molecule has 2 aromatic carbocycles. The molecule has 0 bridgehead atoms. The van der Waals surface area contributed by atoms with E-state index in [2.05, 4.69) is 10.6 Å². The van der Waals surface area contributed by atoms with Crippen LogP contribution >= 0.6 is 23.2 Å². The molecule has 8 heteroatoms. The van der Waals surface area contributed by atoms with E-state index in [0.717, 1.165) is 0 Å². The van der Waals surface area contributed by atoms with Crippen molar-refractivity contribution in [1.82, 2.24) is 5.32 Å². The third-order valence-corrected chi connectivity index (χ3v) is 3.81. The average molecular weight is 397 g/mol. The first-order valence-electron chi connectivity index (χ1n) is 7.74. The van der Waals surface area contributed by atoms with Gasteiger partial charge in [0.25, 0.3) is 11.8 Å². The van der Waals surface area contributed by atoms with Crippen LogP contribution in [0.1, 0.15) is 10.4 Å². The first-order valence-corrected chi connectivity index (χ1v) is 8.50. The van der Waals surface area contributed by atoms with Gasteiger partial charge in [-0.05, 0) is 42.5 Å². The van der Waals surface area contributed by atoms with Crippen LogP contribution in [-0.2, 0) is 9.53 Å². The van der Waals surface area contributed by atoms with Crippen molar-refractivity contribution in [3.8, 4) is 5.75 Å². The number of hydrogen-bond donors (Lipinski definition) is 2. The summed E-state index contributed by atoms with van der Waals surface area (Å²) in [5, 5.41) is 6.20. The van der Waals surface area contributed by atoms with E-state index in [0.29, 0.717) is 40.2 Å². The quantitative estimate of drug-likeness (QED) is 0.670. The minimum absolute atomic E-state index is 0.208. The lowest BCUT2D eigenvalue weighted by Crippen LogP contribution is -2.26. The summed E-state index contributed by atoms with van der Waals surface area (Å²) in [6.45, 7) is 0.663. The van der Waals surface area contributed by atoms with Crippen molar-refractivity contribution >= 4 is 40.7 Å². The molecular weight excluding hydrogens is 379 g/mol. The Morgan fingerprint density at radius 3 is 2.46 bits per heavy atom. The molecular formula is C18H18Cl2N2O4. The van der Waals surface area contributed by atoms with Crippen molar-refractivity contribution in [3.05, 3.63) is 58.1 Å². The second-order valence-electron chi connectivity index (χ2n) is 5.24. The summed E-state index contributed by atoms with van der Waals surface area (Å²) in [5.74, 6) is -0.191. The van der Waals surface area contributed by atoms with Gasteiger partial charge in [-0.3, -0.25) is 9.59 Å². The zero-order chi connectivity index (χ0) is 18.9. The van der Waals surface area contributed by atoms with Crippen LogP contribution in [0.2, 0.25) is 10.0 Å². The Balaban J connectivity index is 1.84. The molecule has 6 nitrogen and oxygen atoms in total. The van der Waals surface area contributed by atoms with E-state index in [-0.39, 0.29) is 18.4 Å². The Morgan fingerprint density at radius 1 is 1.08 bits per heavy atom. The first-order chi connectivity index (χ1) is 12.5. The molecule has 0 aromatic heterocycles. The molecule has 2 rings (SSSR count). The van der Waals surface area contributed by atoms with Crippen molar-refractivity contribution in [2.24, 2.45) is 0 Å². The summed E-state index contributed by atoms with van der Waals surface area (Å²) >= 11 is 11.8. The molecule has 0 heterocycles. The van der Waals surface area contributed by atoms with Gasteiger partial charge in [0.1, 0.15) is 5.75 Å². The lowest BCUT2D eigenvalue weighted by Gasteiger charge is -2.09. The summed E-state index contributed by atoms with van der Waals surface area (Å²) in [6, 6.07) is 11.3. The van der Waals surface area contributed by atoms with E-state index in [1.54, 1.807) is 43.5 Å². The lowest BCUT2D eigenvalue weighted by atomic mass is 10.2. The van der Waals surface area contributed by atoms with Crippen LogP contribution in [0.5, 0.6) is 5.75 Å². The van der Waals surface area contributed by atoms with Crippen LogP contribution in [0.4, 0.5) is 5.69 Å². The Labute approximate surface area is 161 Å². The molecule has 0 atom stereocenters. The standard InChI is InChI=1S/C18H18Cl2N2O4/c1-25-9-8-21-18(24)12-2-5-14(6-3-12)22-17(23)11-26-16-7-4-13(19)10-15(16)20/h2-7,10H,8-9,11H2,1H3,(H,21,24)(H,22,23). The molecule has 0 fully saturated rings. The third-order valence-electron chi connectivity index (χ3n) is 3.28. The van der Waals surface area contributed by atoms with Crippen LogP contribution in [-0.4, -0.2) is 38.7 Å². The number of anilines is 1. The summed E-state index contributed by atoms with van der Waals surface area (Å²) in [4.78, 5) is 23.8. The Bertz CT molecular complexity index is 766. The molecule has 0 saturated carbocycles. The summed E-state index contributed by atoms with van der Waals surface area (Å²) in [7, 11) is 1.56. The van der Waals surface area contributed by atoms with Gasteiger partial charge in [-0.15, -0.1) is 0 Å². The van der Waals surface area contributed by atoms with Crippen molar-refractivity contribution < 1.29 is 19.1 Å². The van der Waals surface area contributed by atoms with Crippen molar-refractivity contribution in [1.29, 1.82) is 0 Å². The monoisotopic (exact) mass is 396 g/mol. The number of methoxy groups -OCH3 is 1. The number of rotatable bonds is 8. The number of hydrogen-bond acceptors (Lipinski definition) is 4. The Hall–Kier alpha value is -2.28. The fourth-order valence-corrected chi connectivity index (χ4v) is 2.47. The zero-order valence-electron chi connectivity index (χ0n) is 14.1. The third kappa shape index (κ3) is 6.22. The minimum Gasteiger partial charge on any atom is -0.482 e. The molecule has 26 heavy (non-hydrogen) atoms. The van der Waals surface area contributed by atoms with Crippen LogP contribution in [0.15, 0.2) is 42.5 Å². The highest BCUT2D eigenvalue weighted by atomic mass is 35.5. The molecule has 0 aliphatic rings. The van der Waals surface area contributed by atoms with Crippen LogP contribution in [0, 0.1) is 0 Å². The van der Waals surface area contributed by atoms with E-state index in [1.807, 2.05) is 0 Å². The normalized spacial score (nSPS) is 10.3. The molecule has 0 saturated heterocycles. The van der Waals surface area contributed by atoms with Gasteiger partial charge in [-0.2, -0.15) is 0 Å². The van der Waals surface area contributed by atoms with Gasteiger partial charge >= 0.3 is 0 Å².